The Hall–Kier alpha value is -2.25. The summed E-state index contributed by atoms with van der Waals surface area (Å²) in [5, 5.41) is 15.5. The normalized spacial score (nSPS) is 20.3. The second-order valence-electron chi connectivity index (χ2n) is 6.27. The van der Waals surface area contributed by atoms with Gasteiger partial charge in [-0.1, -0.05) is 30.3 Å². The summed E-state index contributed by atoms with van der Waals surface area (Å²) in [7, 11) is 0. The summed E-state index contributed by atoms with van der Waals surface area (Å²) < 4.78 is 0. The number of carbonyl (C=O) groups excluding carboxylic acids is 2. The second kappa shape index (κ2) is 7.76. The molecule has 2 aromatic rings. The van der Waals surface area contributed by atoms with Crippen molar-refractivity contribution in [1.29, 1.82) is 0 Å². The minimum absolute atomic E-state index is 0.0842. The molecule has 1 aromatic heterocycles. The topological polar surface area (TPSA) is 82.5 Å². The molecule has 3 rings (SSSR count). The van der Waals surface area contributed by atoms with Gasteiger partial charge in [-0.25, -0.2) is 4.98 Å². The molecular weight excluding hydrogens is 338 g/mol. The highest BCUT2D eigenvalue weighted by Crippen LogP contribution is 2.24. The smallest absolute Gasteiger partial charge is 0.228 e. The first kappa shape index (κ1) is 17.6. The summed E-state index contributed by atoms with van der Waals surface area (Å²) in [5.41, 5.74) is 1.76. The molecule has 0 aliphatic carbocycles. The summed E-state index contributed by atoms with van der Waals surface area (Å²) in [4.78, 5) is 29.9. The third kappa shape index (κ3) is 4.64. The van der Waals surface area contributed by atoms with Crippen molar-refractivity contribution in [2.45, 2.75) is 31.9 Å². The lowest BCUT2D eigenvalue weighted by Crippen LogP contribution is -2.54. The number of rotatable bonds is 4. The number of aromatic nitrogens is 1. The van der Waals surface area contributed by atoms with Crippen LogP contribution in [0.15, 0.2) is 35.7 Å². The number of likely N-dealkylation sites (tertiary alicyclic amines) is 1. The number of carbonyl (C=O) groups is 2. The fourth-order valence-electron chi connectivity index (χ4n) is 3.04. The van der Waals surface area contributed by atoms with Gasteiger partial charge in [0.2, 0.25) is 11.8 Å². The van der Waals surface area contributed by atoms with Gasteiger partial charge in [0.15, 0.2) is 0 Å². The monoisotopic (exact) mass is 359 g/mol. The van der Waals surface area contributed by atoms with E-state index in [-0.39, 0.29) is 24.3 Å². The largest absolute Gasteiger partial charge is 0.391 e. The highest BCUT2D eigenvalue weighted by atomic mass is 32.1. The lowest BCUT2D eigenvalue weighted by Gasteiger charge is -2.35. The van der Waals surface area contributed by atoms with Crippen LogP contribution in [-0.2, 0) is 16.0 Å². The molecule has 1 saturated heterocycles. The van der Waals surface area contributed by atoms with E-state index in [1.54, 1.807) is 4.90 Å². The maximum atomic E-state index is 12.6. The van der Waals surface area contributed by atoms with Gasteiger partial charge in [-0.05, 0) is 6.42 Å². The number of thiazole rings is 1. The molecular formula is C18H21N3O3S. The molecule has 2 N–H and O–H groups in total. The van der Waals surface area contributed by atoms with Gasteiger partial charge in [0.1, 0.15) is 5.01 Å². The first-order valence-corrected chi connectivity index (χ1v) is 9.12. The summed E-state index contributed by atoms with van der Waals surface area (Å²) in [6, 6.07) is 9.64. The first-order valence-electron chi connectivity index (χ1n) is 8.24. The molecule has 0 spiro atoms. The molecule has 1 aromatic carbocycles. The number of piperidine rings is 1. The van der Waals surface area contributed by atoms with Gasteiger partial charge in [0.05, 0.1) is 18.2 Å². The molecule has 2 amide bonds. The molecule has 7 heteroatoms. The van der Waals surface area contributed by atoms with E-state index in [4.69, 9.17) is 0 Å². The molecule has 2 atom stereocenters. The zero-order valence-electron chi connectivity index (χ0n) is 14.0. The Bertz CT molecular complexity index is 747. The Balaban J connectivity index is 1.64. The Labute approximate surface area is 150 Å². The second-order valence-corrected chi connectivity index (χ2v) is 7.13. The van der Waals surface area contributed by atoms with E-state index in [0.717, 1.165) is 16.3 Å². The first-order chi connectivity index (χ1) is 12.0. The molecule has 0 saturated carbocycles. The van der Waals surface area contributed by atoms with E-state index in [0.29, 0.717) is 19.5 Å². The van der Waals surface area contributed by atoms with Crippen molar-refractivity contribution >= 4 is 23.2 Å². The molecule has 1 aliphatic rings. The van der Waals surface area contributed by atoms with Crippen LogP contribution < -0.4 is 5.32 Å². The molecule has 6 nitrogen and oxygen atoms in total. The van der Waals surface area contributed by atoms with Gasteiger partial charge in [-0.2, -0.15) is 0 Å². The molecule has 1 fully saturated rings. The van der Waals surface area contributed by atoms with Crippen LogP contribution in [0.25, 0.3) is 10.6 Å². The third-order valence-electron chi connectivity index (χ3n) is 4.09. The van der Waals surface area contributed by atoms with Gasteiger partial charge in [0, 0.05) is 37.0 Å². The highest BCUT2D eigenvalue weighted by Gasteiger charge is 2.29. The Morgan fingerprint density at radius 3 is 2.80 bits per heavy atom. The Morgan fingerprint density at radius 1 is 1.32 bits per heavy atom. The summed E-state index contributed by atoms with van der Waals surface area (Å²) in [6.45, 7) is 2.16. The molecule has 132 valence electrons. The minimum atomic E-state index is -0.620. The van der Waals surface area contributed by atoms with Crippen molar-refractivity contribution in [3.05, 3.63) is 41.4 Å². The number of nitrogens with one attached hydrogen (secondary N) is 1. The standard InChI is InChI=1S/C18H21N3O3S/c1-12(22)19-14-7-16(23)10-21(9-14)17(24)8-15-11-25-18(20-15)13-5-3-2-4-6-13/h2-6,11,14,16,23H,7-10H2,1H3,(H,19,22)/t14-,16+/m0/s1. The summed E-state index contributed by atoms with van der Waals surface area (Å²) in [5.74, 6) is -0.238. The maximum absolute atomic E-state index is 12.6. The quantitative estimate of drug-likeness (QED) is 0.866. The number of amides is 2. The number of β-amino-alcohol motifs (C(OH)–C–C–N with tert-alkyl or cyclic N) is 1. The third-order valence-corrected chi connectivity index (χ3v) is 5.03. The van der Waals surface area contributed by atoms with Crippen LogP contribution in [-0.4, -0.2) is 52.0 Å². The van der Waals surface area contributed by atoms with Gasteiger partial charge in [-0.15, -0.1) is 11.3 Å². The van der Waals surface area contributed by atoms with Crippen LogP contribution in [0.4, 0.5) is 0 Å². The number of aliphatic hydroxyl groups is 1. The van der Waals surface area contributed by atoms with Crippen LogP contribution in [0.1, 0.15) is 19.0 Å². The van der Waals surface area contributed by atoms with Crippen molar-refractivity contribution in [1.82, 2.24) is 15.2 Å². The van der Waals surface area contributed by atoms with Crippen molar-refractivity contribution in [3.8, 4) is 10.6 Å². The molecule has 2 heterocycles. The van der Waals surface area contributed by atoms with Crippen molar-refractivity contribution in [2.75, 3.05) is 13.1 Å². The Kier molecular flexibility index (Phi) is 5.45. The van der Waals surface area contributed by atoms with E-state index < -0.39 is 6.10 Å². The minimum Gasteiger partial charge on any atom is -0.391 e. The fraction of sp³-hybridized carbons (Fsp3) is 0.389. The van der Waals surface area contributed by atoms with Crippen LogP contribution in [0.3, 0.4) is 0 Å². The number of hydrogen-bond acceptors (Lipinski definition) is 5. The maximum Gasteiger partial charge on any atom is 0.228 e. The van der Waals surface area contributed by atoms with E-state index >= 15 is 0 Å². The van der Waals surface area contributed by atoms with Crippen LogP contribution in [0, 0.1) is 0 Å². The van der Waals surface area contributed by atoms with Crippen molar-refractivity contribution in [2.24, 2.45) is 0 Å². The van der Waals surface area contributed by atoms with E-state index in [2.05, 4.69) is 10.3 Å². The van der Waals surface area contributed by atoms with Crippen LogP contribution in [0.2, 0.25) is 0 Å². The van der Waals surface area contributed by atoms with Gasteiger partial charge < -0.3 is 15.3 Å². The zero-order valence-corrected chi connectivity index (χ0v) is 14.8. The van der Waals surface area contributed by atoms with E-state index in [1.807, 2.05) is 35.7 Å². The highest BCUT2D eigenvalue weighted by molar-refractivity contribution is 7.13. The average Bonchev–Trinajstić information content (AvgIpc) is 3.03. The SMILES string of the molecule is CC(=O)N[C@H]1C[C@@H](O)CN(C(=O)Cc2csc(-c3ccccc3)n2)C1. The van der Waals surface area contributed by atoms with Gasteiger partial charge in [0.25, 0.3) is 0 Å². The van der Waals surface area contributed by atoms with E-state index in [9.17, 15) is 14.7 Å². The van der Waals surface area contributed by atoms with Crippen molar-refractivity contribution in [3.63, 3.8) is 0 Å². The molecule has 0 unspecified atom stereocenters. The van der Waals surface area contributed by atoms with Gasteiger partial charge >= 0.3 is 0 Å². The predicted octanol–water partition coefficient (Wildman–Crippen LogP) is 1.45. The lowest BCUT2D eigenvalue weighted by atomic mass is 10.0. The van der Waals surface area contributed by atoms with Gasteiger partial charge in [-0.3, -0.25) is 9.59 Å². The lowest BCUT2D eigenvalue weighted by molar-refractivity contribution is -0.135. The number of benzene rings is 1. The fourth-order valence-corrected chi connectivity index (χ4v) is 3.86. The Morgan fingerprint density at radius 2 is 2.08 bits per heavy atom. The molecule has 0 bridgehead atoms. The average molecular weight is 359 g/mol. The molecule has 25 heavy (non-hydrogen) atoms. The molecule has 1 aliphatic heterocycles. The number of nitrogens with zero attached hydrogens (tertiary/aromatic N) is 2. The zero-order chi connectivity index (χ0) is 17.8. The number of hydrogen-bond donors (Lipinski definition) is 2. The molecule has 0 radical (unpaired) electrons. The van der Waals surface area contributed by atoms with Crippen LogP contribution >= 0.6 is 11.3 Å². The summed E-state index contributed by atoms with van der Waals surface area (Å²) >= 11 is 1.51. The number of aliphatic hydroxyl groups excluding tert-OH is 1. The predicted molar refractivity (Wildman–Crippen MR) is 96.1 cm³/mol. The van der Waals surface area contributed by atoms with Crippen LogP contribution in [0.5, 0.6) is 0 Å². The van der Waals surface area contributed by atoms with E-state index in [1.165, 1.54) is 18.3 Å². The summed E-state index contributed by atoms with van der Waals surface area (Å²) in [6.07, 6.45) is 0.0472. The van der Waals surface area contributed by atoms with Crippen molar-refractivity contribution < 1.29 is 14.7 Å².